The van der Waals surface area contributed by atoms with Crippen molar-refractivity contribution < 1.29 is 14.3 Å². The lowest BCUT2D eigenvalue weighted by molar-refractivity contribution is -0.135. The molecule has 0 spiro atoms. The Balaban J connectivity index is 2.05. The molecule has 0 fully saturated rings. The van der Waals surface area contributed by atoms with Crippen LogP contribution >= 0.6 is 0 Å². The zero-order valence-electron chi connectivity index (χ0n) is 15.1. The van der Waals surface area contributed by atoms with Crippen molar-refractivity contribution >= 4 is 23.2 Å². The number of nitrogens with one attached hydrogen (secondary N) is 2. The van der Waals surface area contributed by atoms with Gasteiger partial charge in [-0.3, -0.25) is 9.59 Å². The van der Waals surface area contributed by atoms with Gasteiger partial charge in [0.25, 0.3) is 0 Å². The van der Waals surface area contributed by atoms with Crippen molar-refractivity contribution in [1.29, 1.82) is 0 Å². The third-order valence-corrected chi connectivity index (χ3v) is 3.95. The van der Waals surface area contributed by atoms with Crippen LogP contribution in [0.3, 0.4) is 0 Å². The van der Waals surface area contributed by atoms with Crippen molar-refractivity contribution in [2.45, 2.75) is 27.7 Å². The van der Waals surface area contributed by atoms with Gasteiger partial charge in [-0.05, 0) is 63.6 Å². The van der Waals surface area contributed by atoms with E-state index in [-0.39, 0.29) is 11.8 Å². The lowest BCUT2D eigenvalue weighted by Crippen LogP contribution is -2.41. The number of amides is 2. The fourth-order valence-corrected chi connectivity index (χ4v) is 2.18. The zero-order valence-corrected chi connectivity index (χ0v) is 15.1. The van der Waals surface area contributed by atoms with Gasteiger partial charge in [0.05, 0.1) is 6.61 Å². The molecule has 2 aromatic carbocycles. The molecule has 25 heavy (non-hydrogen) atoms. The molecule has 0 aliphatic heterocycles. The van der Waals surface area contributed by atoms with E-state index in [0.717, 1.165) is 11.3 Å². The summed E-state index contributed by atoms with van der Waals surface area (Å²) in [4.78, 5) is 25.1. The van der Waals surface area contributed by atoms with Crippen molar-refractivity contribution in [2.75, 3.05) is 17.2 Å². The van der Waals surface area contributed by atoms with Crippen LogP contribution in [0.25, 0.3) is 0 Å². The Kier molecular flexibility index (Phi) is 5.80. The lowest BCUT2D eigenvalue weighted by atomic mass is 9.90. The first-order valence-electron chi connectivity index (χ1n) is 8.26. The largest absolute Gasteiger partial charge is 0.494 e. The number of para-hydroxylation sites is 1. The Hall–Kier alpha value is -2.82. The highest BCUT2D eigenvalue weighted by molar-refractivity contribution is 6.14. The first-order valence-corrected chi connectivity index (χ1v) is 8.26. The van der Waals surface area contributed by atoms with Crippen LogP contribution in [-0.2, 0) is 9.59 Å². The molecule has 5 nitrogen and oxygen atoms in total. The van der Waals surface area contributed by atoms with Gasteiger partial charge >= 0.3 is 0 Å². The monoisotopic (exact) mass is 340 g/mol. The highest BCUT2D eigenvalue weighted by atomic mass is 16.5. The summed E-state index contributed by atoms with van der Waals surface area (Å²) in [6, 6.07) is 14.5. The Morgan fingerprint density at radius 2 is 1.56 bits per heavy atom. The van der Waals surface area contributed by atoms with Crippen LogP contribution in [0.5, 0.6) is 5.75 Å². The normalized spacial score (nSPS) is 10.9. The fraction of sp³-hybridized carbons (Fsp3) is 0.300. The highest BCUT2D eigenvalue weighted by Crippen LogP contribution is 2.24. The maximum absolute atomic E-state index is 12.6. The summed E-state index contributed by atoms with van der Waals surface area (Å²) in [5, 5.41) is 5.60. The molecule has 0 saturated carbocycles. The molecule has 0 aliphatic carbocycles. The Morgan fingerprint density at radius 1 is 0.960 bits per heavy atom. The molecule has 2 rings (SSSR count). The molecule has 0 saturated heterocycles. The number of hydrogen-bond acceptors (Lipinski definition) is 3. The van der Waals surface area contributed by atoms with Crippen molar-refractivity contribution in [1.82, 2.24) is 0 Å². The second kappa shape index (κ2) is 7.83. The number of ether oxygens (including phenoxy) is 1. The summed E-state index contributed by atoms with van der Waals surface area (Å²) in [7, 11) is 0. The van der Waals surface area contributed by atoms with E-state index in [9.17, 15) is 9.59 Å². The minimum absolute atomic E-state index is 0.356. The van der Waals surface area contributed by atoms with Gasteiger partial charge in [-0.1, -0.05) is 18.2 Å². The van der Waals surface area contributed by atoms with Crippen molar-refractivity contribution in [3.63, 3.8) is 0 Å². The maximum atomic E-state index is 12.6. The molecular weight excluding hydrogens is 316 g/mol. The molecule has 0 aliphatic rings. The number of carbonyl (C=O) groups is 2. The van der Waals surface area contributed by atoms with Crippen LogP contribution in [0.1, 0.15) is 26.3 Å². The van der Waals surface area contributed by atoms with Gasteiger partial charge in [0.15, 0.2) is 0 Å². The number of aryl methyl sites for hydroxylation is 1. The first kappa shape index (κ1) is 18.5. The van der Waals surface area contributed by atoms with Gasteiger partial charge in [-0.2, -0.15) is 0 Å². The molecule has 0 aromatic heterocycles. The average molecular weight is 340 g/mol. The van der Waals surface area contributed by atoms with Crippen molar-refractivity contribution in [3.8, 4) is 5.75 Å². The van der Waals surface area contributed by atoms with Crippen LogP contribution in [0, 0.1) is 12.3 Å². The standard InChI is InChI=1S/C20H24N2O3/c1-5-25-16-12-10-15(11-13-16)21-18(23)20(3,4)19(24)22-17-9-7-6-8-14(17)2/h6-13H,5H2,1-4H3,(H,21,23)(H,22,24). The molecule has 5 heteroatoms. The third kappa shape index (κ3) is 4.59. The number of rotatable bonds is 6. The van der Waals surface area contributed by atoms with Crippen LogP contribution < -0.4 is 15.4 Å². The molecule has 2 N–H and O–H groups in total. The van der Waals surface area contributed by atoms with E-state index in [2.05, 4.69) is 10.6 Å². The minimum Gasteiger partial charge on any atom is -0.494 e. The van der Waals surface area contributed by atoms with E-state index >= 15 is 0 Å². The maximum Gasteiger partial charge on any atom is 0.239 e. The van der Waals surface area contributed by atoms with E-state index in [4.69, 9.17) is 4.74 Å². The summed E-state index contributed by atoms with van der Waals surface area (Å²) in [6.07, 6.45) is 0. The van der Waals surface area contributed by atoms with Crippen LogP contribution in [0.15, 0.2) is 48.5 Å². The molecule has 2 aromatic rings. The quantitative estimate of drug-likeness (QED) is 0.781. The number of carbonyl (C=O) groups excluding carboxylic acids is 2. The van der Waals surface area contributed by atoms with Gasteiger partial charge < -0.3 is 15.4 Å². The zero-order chi connectivity index (χ0) is 18.4. The summed E-state index contributed by atoms with van der Waals surface area (Å²) in [5.74, 6) is 0.00466. The van der Waals surface area contributed by atoms with E-state index < -0.39 is 5.41 Å². The molecule has 0 radical (unpaired) electrons. The SMILES string of the molecule is CCOc1ccc(NC(=O)C(C)(C)C(=O)Nc2ccccc2C)cc1. The summed E-state index contributed by atoms with van der Waals surface area (Å²) >= 11 is 0. The molecule has 0 atom stereocenters. The van der Waals surface area contributed by atoms with E-state index in [0.29, 0.717) is 18.0 Å². The molecule has 0 bridgehead atoms. The van der Waals surface area contributed by atoms with Gasteiger partial charge in [0.2, 0.25) is 11.8 Å². The molecule has 0 unspecified atom stereocenters. The lowest BCUT2D eigenvalue weighted by Gasteiger charge is -2.23. The van der Waals surface area contributed by atoms with E-state index in [1.165, 1.54) is 0 Å². The Labute approximate surface area is 148 Å². The number of anilines is 2. The summed E-state index contributed by atoms with van der Waals surface area (Å²) in [6.45, 7) is 7.60. The second-order valence-corrected chi connectivity index (χ2v) is 6.31. The van der Waals surface area contributed by atoms with Gasteiger partial charge in [-0.15, -0.1) is 0 Å². The van der Waals surface area contributed by atoms with Crippen LogP contribution in [0.2, 0.25) is 0 Å². The molecule has 0 heterocycles. The topological polar surface area (TPSA) is 67.4 Å². The Morgan fingerprint density at radius 3 is 2.16 bits per heavy atom. The van der Waals surface area contributed by atoms with Crippen LogP contribution in [-0.4, -0.2) is 18.4 Å². The molecule has 132 valence electrons. The van der Waals surface area contributed by atoms with E-state index in [1.807, 2.05) is 38.1 Å². The van der Waals surface area contributed by atoms with Crippen molar-refractivity contribution in [3.05, 3.63) is 54.1 Å². The van der Waals surface area contributed by atoms with Crippen molar-refractivity contribution in [2.24, 2.45) is 5.41 Å². The van der Waals surface area contributed by atoms with Crippen LogP contribution in [0.4, 0.5) is 11.4 Å². The summed E-state index contributed by atoms with van der Waals surface area (Å²) < 4.78 is 5.37. The van der Waals surface area contributed by atoms with Gasteiger partial charge in [-0.25, -0.2) is 0 Å². The minimum atomic E-state index is -1.22. The van der Waals surface area contributed by atoms with Gasteiger partial charge in [0.1, 0.15) is 11.2 Å². The number of hydrogen-bond donors (Lipinski definition) is 2. The van der Waals surface area contributed by atoms with E-state index in [1.54, 1.807) is 38.1 Å². The second-order valence-electron chi connectivity index (χ2n) is 6.31. The Bertz CT molecular complexity index is 752. The third-order valence-electron chi connectivity index (χ3n) is 3.95. The highest BCUT2D eigenvalue weighted by Gasteiger charge is 2.36. The average Bonchev–Trinajstić information content (AvgIpc) is 2.58. The number of benzene rings is 2. The molecular formula is C20H24N2O3. The first-order chi connectivity index (χ1) is 11.8. The predicted molar refractivity (Wildman–Crippen MR) is 99.8 cm³/mol. The fourth-order valence-electron chi connectivity index (χ4n) is 2.18. The smallest absolute Gasteiger partial charge is 0.239 e. The predicted octanol–water partition coefficient (Wildman–Crippen LogP) is 4.00. The van der Waals surface area contributed by atoms with Gasteiger partial charge in [0, 0.05) is 11.4 Å². The summed E-state index contributed by atoms with van der Waals surface area (Å²) in [5.41, 5.74) is 1.04. The molecule has 2 amide bonds.